The SMILES string of the molecule is CN(C)S(=O)(=O)N(C)c1ccc(C(=O)Nc2ccc(N3CCCC3)cc2)cc1. The van der Waals surface area contributed by atoms with E-state index in [2.05, 4.69) is 10.2 Å². The molecule has 1 aliphatic rings. The molecule has 0 unspecified atom stereocenters. The van der Waals surface area contributed by atoms with Gasteiger partial charge in [-0.25, -0.2) is 0 Å². The van der Waals surface area contributed by atoms with Crippen molar-refractivity contribution in [3.05, 3.63) is 54.1 Å². The summed E-state index contributed by atoms with van der Waals surface area (Å²) >= 11 is 0. The maximum Gasteiger partial charge on any atom is 0.303 e. The lowest BCUT2D eigenvalue weighted by Crippen LogP contribution is -2.37. The minimum Gasteiger partial charge on any atom is -0.372 e. The van der Waals surface area contributed by atoms with Crippen molar-refractivity contribution in [3.63, 3.8) is 0 Å². The summed E-state index contributed by atoms with van der Waals surface area (Å²) in [4.78, 5) is 14.8. The van der Waals surface area contributed by atoms with Crippen LogP contribution in [-0.2, 0) is 10.2 Å². The molecule has 1 fully saturated rings. The summed E-state index contributed by atoms with van der Waals surface area (Å²) < 4.78 is 26.7. The van der Waals surface area contributed by atoms with Crippen molar-refractivity contribution in [1.82, 2.24) is 4.31 Å². The topological polar surface area (TPSA) is 73.0 Å². The van der Waals surface area contributed by atoms with E-state index in [-0.39, 0.29) is 5.91 Å². The number of benzene rings is 2. The average Bonchev–Trinajstić information content (AvgIpc) is 3.22. The Hall–Kier alpha value is -2.58. The number of carbonyl (C=O) groups excluding carboxylic acids is 1. The molecule has 2 aromatic carbocycles. The molecule has 0 bridgehead atoms. The van der Waals surface area contributed by atoms with Crippen molar-refractivity contribution in [2.45, 2.75) is 12.8 Å². The third-order valence-electron chi connectivity index (χ3n) is 4.90. The Labute approximate surface area is 166 Å². The van der Waals surface area contributed by atoms with Crippen LogP contribution in [0, 0.1) is 0 Å². The molecule has 1 amide bonds. The summed E-state index contributed by atoms with van der Waals surface area (Å²) in [5.41, 5.74) is 2.84. The maximum atomic E-state index is 12.5. The number of rotatable bonds is 6. The molecular weight excluding hydrogens is 376 g/mol. The molecule has 1 heterocycles. The number of nitrogens with one attached hydrogen (secondary N) is 1. The molecule has 1 aliphatic heterocycles. The van der Waals surface area contributed by atoms with Gasteiger partial charge in [-0.05, 0) is 61.4 Å². The molecule has 1 saturated heterocycles. The van der Waals surface area contributed by atoms with Gasteiger partial charge in [0.15, 0.2) is 0 Å². The number of hydrogen-bond acceptors (Lipinski definition) is 4. The summed E-state index contributed by atoms with van der Waals surface area (Å²) in [6.07, 6.45) is 2.44. The molecule has 0 aliphatic carbocycles. The highest BCUT2D eigenvalue weighted by Gasteiger charge is 2.21. The van der Waals surface area contributed by atoms with Gasteiger partial charge in [0.2, 0.25) is 0 Å². The minimum atomic E-state index is -3.56. The fraction of sp³-hybridized carbons (Fsp3) is 0.350. The predicted octanol–water partition coefficient (Wildman–Crippen LogP) is 2.78. The van der Waals surface area contributed by atoms with Crippen LogP contribution in [0.2, 0.25) is 0 Å². The first-order valence-electron chi connectivity index (χ1n) is 9.22. The van der Waals surface area contributed by atoms with E-state index in [0.717, 1.165) is 23.1 Å². The summed E-state index contributed by atoms with van der Waals surface area (Å²) in [5.74, 6) is -0.237. The van der Waals surface area contributed by atoms with Gasteiger partial charge in [-0.1, -0.05) is 0 Å². The zero-order valence-corrected chi connectivity index (χ0v) is 17.2. The Bertz CT molecular complexity index is 919. The van der Waals surface area contributed by atoms with E-state index in [1.54, 1.807) is 24.3 Å². The van der Waals surface area contributed by atoms with E-state index >= 15 is 0 Å². The molecular formula is C20H26N4O3S. The van der Waals surface area contributed by atoms with Crippen LogP contribution in [0.3, 0.4) is 0 Å². The smallest absolute Gasteiger partial charge is 0.303 e. The van der Waals surface area contributed by atoms with Crippen LogP contribution in [0.5, 0.6) is 0 Å². The second kappa shape index (κ2) is 8.20. The number of nitrogens with zero attached hydrogens (tertiary/aromatic N) is 3. The van der Waals surface area contributed by atoms with Crippen molar-refractivity contribution >= 4 is 33.2 Å². The molecule has 0 aromatic heterocycles. The summed E-state index contributed by atoms with van der Waals surface area (Å²) in [6.45, 7) is 2.16. The fourth-order valence-corrected chi connectivity index (χ4v) is 4.01. The van der Waals surface area contributed by atoms with Gasteiger partial charge >= 0.3 is 10.2 Å². The third-order valence-corrected chi connectivity index (χ3v) is 6.72. The maximum absolute atomic E-state index is 12.5. The molecule has 1 N–H and O–H groups in total. The lowest BCUT2D eigenvalue weighted by atomic mass is 10.2. The summed E-state index contributed by atoms with van der Waals surface area (Å²) in [6, 6.07) is 14.3. The summed E-state index contributed by atoms with van der Waals surface area (Å²) in [5, 5.41) is 2.88. The van der Waals surface area contributed by atoms with Crippen molar-refractivity contribution in [2.24, 2.45) is 0 Å². The monoisotopic (exact) mass is 402 g/mol. The third kappa shape index (κ3) is 4.28. The highest BCUT2D eigenvalue weighted by atomic mass is 32.2. The van der Waals surface area contributed by atoms with Gasteiger partial charge in [0.05, 0.1) is 5.69 Å². The van der Waals surface area contributed by atoms with Crippen molar-refractivity contribution in [3.8, 4) is 0 Å². The largest absolute Gasteiger partial charge is 0.372 e. The van der Waals surface area contributed by atoms with Crippen molar-refractivity contribution in [2.75, 3.05) is 48.8 Å². The van der Waals surface area contributed by atoms with Crippen molar-refractivity contribution < 1.29 is 13.2 Å². The first-order chi connectivity index (χ1) is 13.3. The van der Waals surface area contributed by atoms with Gasteiger partial charge in [0, 0.05) is 51.2 Å². The first-order valence-corrected chi connectivity index (χ1v) is 10.6. The molecule has 28 heavy (non-hydrogen) atoms. The standard InChI is InChI=1S/C20H26N4O3S/c1-22(2)28(26,27)23(3)18-10-6-16(7-11-18)20(25)21-17-8-12-19(13-9-17)24-14-4-5-15-24/h6-13H,4-5,14-15H2,1-3H3,(H,21,25). The average molecular weight is 403 g/mol. The highest BCUT2D eigenvalue weighted by molar-refractivity contribution is 7.90. The molecule has 2 aromatic rings. The van der Waals surface area contributed by atoms with Gasteiger partial charge in [-0.3, -0.25) is 9.10 Å². The Kier molecular flexibility index (Phi) is 5.90. The molecule has 0 spiro atoms. The van der Waals surface area contributed by atoms with Gasteiger partial charge in [-0.2, -0.15) is 12.7 Å². The lowest BCUT2D eigenvalue weighted by molar-refractivity contribution is 0.102. The molecule has 0 atom stereocenters. The van der Waals surface area contributed by atoms with Gasteiger partial charge < -0.3 is 10.2 Å². The fourth-order valence-electron chi connectivity index (χ4n) is 3.14. The Morgan fingerprint density at radius 1 is 0.929 bits per heavy atom. The predicted molar refractivity (Wildman–Crippen MR) is 113 cm³/mol. The van der Waals surface area contributed by atoms with Crippen LogP contribution in [0.1, 0.15) is 23.2 Å². The van der Waals surface area contributed by atoms with E-state index in [1.165, 1.54) is 44.0 Å². The van der Waals surface area contributed by atoms with Gasteiger partial charge in [0.1, 0.15) is 0 Å². The molecule has 7 nitrogen and oxygen atoms in total. The van der Waals surface area contributed by atoms with Crippen LogP contribution < -0.4 is 14.5 Å². The second-order valence-electron chi connectivity index (χ2n) is 7.00. The van der Waals surface area contributed by atoms with E-state index in [1.807, 2.05) is 24.3 Å². The molecule has 150 valence electrons. The Morgan fingerprint density at radius 3 is 2.04 bits per heavy atom. The lowest BCUT2D eigenvalue weighted by Gasteiger charge is -2.23. The Balaban J connectivity index is 1.66. The summed E-state index contributed by atoms with van der Waals surface area (Å²) in [7, 11) is 0.867. The van der Waals surface area contributed by atoms with E-state index in [0.29, 0.717) is 11.3 Å². The zero-order chi connectivity index (χ0) is 20.3. The Morgan fingerprint density at radius 2 is 1.50 bits per heavy atom. The second-order valence-corrected chi connectivity index (χ2v) is 9.17. The van der Waals surface area contributed by atoms with Gasteiger partial charge in [-0.15, -0.1) is 0 Å². The zero-order valence-electron chi connectivity index (χ0n) is 16.4. The van der Waals surface area contributed by atoms with E-state index in [9.17, 15) is 13.2 Å². The van der Waals surface area contributed by atoms with Crippen molar-refractivity contribution in [1.29, 1.82) is 0 Å². The van der Waals surface area contributed by atoms with Crippen LogP contribution in [0.15, 0.2) is 48.5 Å². The van der Waals surface area contributed by atoms with Crippen LogP contribution >= 0.6 is 0 Å². The van der Waals surface area contributed by atoms with Crippen LogP contribution in [-0.4, -0.2) is 52.9 Å². The first kappa shape index (κ1) is 20.2. The number of hydrogen-bond donors (Lipinski definition) is 1. The van der Waals surface area contributed by atoms with Crippen LogP contribution in [0.25, 0.3) is 0 Å². The van der Waals surface area contributed by atoms with E-state index < -0.39 is 10.2 Å². The van der Waals surface area contributed by atoms with Crippen LogP contribution in [0.4, 0.5) is 17.1 Å². The molecule has 8 heteroatoms. The minimum absolute atomic E-state index is 0.237. The quantitative estimate of drug-likeness (QED) is 0.806. The highest BCUT2D eigenvalue weighted by Crippen LogP contribution is 2.23. The van der Waals surface area contributed by atoms with Gasteiger partial charge in [0.25, 0.3) is 5.91 Å². The molecule has 3 rings (SSSR count). The number of carbonyl (C=O) groups is 1. The molecule has 0 radical (unpaired) electrons. The van der Waals surface area contributed by atoms with E-state index in [4.69, 9.17) is 0 Å². The number of anilines is 3. The molecule has 0 saturated carbocycles. The normalized spacial score (nSPS) is 14.4. The number of amides is 1.